The van der Waals surface area contributed by atoms with E-state index in [0.29, 0.717) is 5.71 Å². The van der Waals surface area contributed by atoms with Crippen molar-refractivity contribution in [1.82, 2.24) is 9.97 Å². The minimum Gasteiger partial charge on any atom is -0.393 e. The highest BCUT2D eigenvalue weighted by atomic mass is 16.4. The van der Waals surface area contributed by atoms with E-state index < -0.39 is 0 Å². The van der Waals surface area contributed by atoms with Crippen LogP contribution in [0.15, 0.2) is 45.6 Å². The first-order valence-electron chi connectivity index (χ1n) is 6.05. The van der Waals surface area contributed by atoms with E-state index in [-0.39, 0.29) is 0 Å². The molecule has 5 heterocycles. The van der Waals surface area contributed by atoms with Crippen LogP contribution in [-0.2, 0) is 6.54 Å². The first kappa shape index (κ1) is 9.27. The minimum atomic E-state index is 0.612. The van der Waals surface area contributed by atoms with Crippen LogP contribution in [0.2, 0.25) is 0 Å². The molecule has 1 aliphatic rings. The summed E-state index contributed by atoms with van der Waals surface area (Å²) in [6.45, 7) is 0.750. The summed E-state index contributed by atoms with van der Waals surface area (Å²) in [7, 11) is 0. The van der Waals surface area contributed by atoms with E-state index in [1.807, 2.05) is 29.0 Å². The van der Waals surface area contributed by atoms with Gasteiger partial charge in [-0.1, -0.05) is 0 Å². The predicted molar refractivity (Wildman–Crippen MR) is 66.3 cm³/mol. The van der Waals surface area contributed by atoms with Crippen molar-refractivity contribution in [3.8, 4) is 11.5 Å². The van der Waals surface area contributed by atoms with Crippen LogP contribution in [0, 0.1) is 0 Å². The lowest BCUT2D eigenvalue weighted by Crippen LogP contribution is -2.30. The summed E-state index contributed by atoms with van der Waals surface area (Å²) in [5.74, 6) is 0.808. The van der Waals surface area contributed by atoms with E-state index in [9.17, 15) is 0 Å². The van der Waals surface area contributed by atoms with Crippen molar-refractivity contribution in [2.45, 2.75) is 6.54 Å². The van der Waals surface area contributed by atoms with Crippen LogP contribution in [0.25, 0.3) is 33.9 Å². The zero-order valence-electron chi connectivity index (χ0n) is 9.83. The number of pyridine rings is 2. The normalized spacial score (nSPS) is 13.1. The fraction of sp³-hybridized carbons (Fsp3) is 0.0714. The Kier molecular flexibility index (Phi) is 1.46. The Morgan fingerprint density at radius 3 is 3.16 bits per heavy atom. The number of nitrogens with zero attached hydrogens (tertiary/aromatic N) is 3. The number of fused-ring (bicyclic) bond motifs is 7. The van der Waals surface area contributed by atoms with Gasteiger partial charge in [-0.3, -0.25) is 4.98 Å². The molecule has 0 radical (unpaired) electrons. The topological polar surface area (TPSA) is 55.9 Å². The molecular weight excluding hydrogens is 242 g/mol. The Hall–Kier alpha value is -2.69. The molecule has 0 amide bonds. The second kappa shape index (κ2) is 3.00. The summed E-state index contributed by atoms with van der Waals surface area (Å²) in [5, 5.41) is 0.907. The molecule has 0 aromatic carbocycles. The largest absolute Gasteiger partial charge is 0.423 e. The Morgan fingerprint density at radius 1 is 1.16 bits per heavy atom. The smallest absolute Gasteiger partial charge is 0.393 e. The molecule has 5 heteroatoms. The monoisotopic (exact) mass is 250 g/mol. The first-order chi connectivity index (χ1) is 9.42. The molecule has 0 spiro atoms. The van der Waals surface area contributed by atoms with Gasteiger partial charge in [0.15, 0.2) is 6.54 Å². The third kappa shape index (κ3) is 1.03. The molecule has 0 bridgehead atoms. The number of hydrogen-bond donors (Lipinski definition) is 0. The molecule has 5 rings (SSSR count). The molecule has 4 aromatic heterocycles. The molecule has 1 aliphatic heterocycles. The molecule has 0 N–H and O–H groups in total. The average Bonchev–Trinajstić information content (AvgIpc) is 3.07. The highest BCUT2D eigenvalue weighted by molar-refractivity contribution is 5.97. The highest BCUT2D eigenvalue weighted by Gasteiger charge is 2.37. The minimum absolute atomic E-state index is 0.612. The van der Waals surface area contributed by atoms with E-state index in [4.69, 9.17) is 8.83 Å². The maximum Gasteiger partial charge on any atom is 0.423 e. The average molecular weight is 250 g/mol. The highest BCUT2D eigenvalue weighted by Crippen LogP contribution is 2.34. The van der Waals surface area contributed by atoms with Crippen molar-refractivity contribution in [3.05, 3.63) is 42.4 Å². The van der Waals surface area contributed by atoms with Gasteiger partial charge in [-0.2, -0.15) is 0 Å². The molecule has 4 aromatic rings. The summed E-state index contributed by atoms with van der Waals surface area (Å²) in [6.07, 6.45) is 5.34. The lowest BCUT2D eigenvalue weighted by Gasteiger charge is -1.88. The maximum atomic E-state index is 5.98. The van der Waals surface area contributed by atoms with Gasteiger partial charge in [0.2, 0.25) is 5.71 Å². The van der Waals surface area contributed by atoms with Crippen molar-refractivity contribution < 1.29 is 13.4 Å². The Labute approximate surface area is 107 Å². The van der Waals surface area contributed by atoms with Crippen LogP contribution in [-0.4, -0.2) is 9.97 Å². The first-order valence-corrected chi connectivity index (χ1v) is 6.05. The summed E-state index contributed by atoms with van der Waals surface area (Å²) in [6, 6.07) is 5.84. The van der Waals surface area contributed by atoms with Gasteiger partial charge in [-0.25, -0.2) is 4.98 Å². The van der Waals surface area contributed by atoms with E-state index in [1.165, 1.54) is 5.56 Å². The van der Waals surface area contributed by atoms with Crippen molar-refractivity contribution in [2.24, 2.45) is 0 Å². The third-order valence-electron chi connectivity index (χ3n) is 3.56. The van der Waals surface area contributed by atoms with Crippen molar-refractivity contribution in [2.75, 3.05) is 0 Å². The molecule has 0 saturated heterocycles. The molecule has 19 heavy (non-hydrogen) atoms. The number of hydrogen-bond acceptors (Lipinski definition) is 4. The SMILES string of the molecule is c1cnc2oc3c(oc4[n+]3Cc3ccncc3-4)c2c1. The number of furan rings is 1. The quantitative estimate of drug-likeness (QED) is 0.396. The fourth-order valence-corrected chi connectivity index (χ4v) is 2.69. The summed E-state index contributed by atoms with van der Waals surface area (Å²) in [4.78, 5) is 8.37. The molecule has 0 saturated carbocycles. The van der Waals surface area contributed by atoms with E-state index in [2.05, 4.69) is 9.97 Å². The molecule has 0 unspecified atom stereocenters. The maximum absolute atomic E-state index is 5.98. The van der Waals surface area contributed by atoms with Gasteiger partial charge in [0.05, 0.1) is 5.39 Å². The van der Waals surface area contributed by atoms with Crippen molar-refractivity contribution in [3.63, 3.8) is 0 Å². The van der Waals surface area contributed by atoms with E-state index >= 15 is 0 Å². The van der Waals surface area contributed by atoms with Crippen LogP contribution < -0.4 is 4.57 Å². The van der Waals surface area contributed by atoms with Crippen molar-refractivity contribution >= 4 is 22.4 Å². The predicted octanol–water partition coefficient (Wildman–Crippen LogP) is 2.29. The van der Waals surface area contributed by atoms with Crippen LogP contribution in [0.5, 0.6) is 0 Å². The Morgan fingerprint density at radius 2 is 2.16 bits per heavy atom. The number of aromatic nitrogens is 3. The molecule has 0 aliphatic carbocycles. The molecule has 5 nitrogen and oxygen atoms in total. The van der Waals surface area contributed by atoms with Crippen LogP contribution in [0.1, 0.15) is 5.56 Å². The van der Waals surface area contributed by atoms with Gasteiger partial charge in [-0.15, -0.1) is 4.57 Å². The molecule has 0 atom stereocenters. The van der Waals surface area contributed by atoms with Gasteiger partial charge in [-0.05, 0) is 18.2 Å². The van der Waals surface area contributed by atoms with E-state index in [1.54, 1.807) is 12.4 Å². The van der Waals surface area contributed by atoms with Gasteiger partial charge < -0.3 is 8.83 Å². The van der Waals surface area contributed by atoms with Crippen molar-refractivity contribution in [1.29, 1.82) is 0 Å². The summed E-state index contributed by atoms with van der Waals surface area (Å²) < 4.78 is 13.8. The van der Waals surface area contributed by atoms with Crippen LogP contribution in [0.3, 0.4) is 0 Å². The summed E-state index contributed by atoms with van der Waals surface area (Å²) in [5.41, 5.74) is 4.34. The van der Waals surface area contributed by atoms with Crippen LogP contribution in [0.4, 0.5) is 0 Å². The van der Waals surface area contributed by atoms with Crippen LogP contribution >= 0.6 is 0 Å². The third-order valence-corrected chi connectivity index (χ3v) is 3.56. The number of oxazole rings is 1. The zero-order valence-corrected chi connectivity index (χ0v) is 9.83. The second-order valence-corrected chi connectivity index (χ2v) is 4.62. The van der Waals surface area contributed by atoms with Gasteiger partial charge >= 0.3 is 11.6 Å². The lowest BCUT2D eigenvalue weighted by atomic mass is 10.2. The Bertz CT molecular complexity index is 952. The standard InChI is InChI=1S/C14H8N3O2/c1-2-9-11-14(19-12(9)16-4-1)17-7-8-3-5-15-6-10(8)13(17)18-11/h1-6H,7H2/q+1. The summed E-state index contributed by atoms with van der Waals surface area (Å²) >= 11 is 0. The Balaban J connectivity index is 1.93. The van der Waals surface area contributed by atoms with Gasteiger partial charge in [0, 0.05) is 24.2 Å². The second-order valence-electron chi connectivity index (χ2n) is 4.62. The lowest BCUT2D eigenvalue weighted by molar-refractivity contribution is -0.655. The zero-order chi connectivity index (χ0) is 12.4. The fourth-order valence-electron chi connectivity index (χ4n) is 2.69. The van der Waals surface area contributed by atoms with E-state index in [0.717, 1.165) is 34.7 Å². The number of rotatable bonds is 0. The van der Waals surface area contributed by atoms with Gasteiger partial charge in [0.25, 0.3) is 5.58 Å². The van der Waals surface area contributed by atoms with Gasteiger partial charge in [0.1, 0.15) is 5.56 Å². The molecular formula is C14H8N3O2+. The molecule has 90 valence electrons. The molecule has 0 fully saturated rings.